The van der Waals surface area contributed by atoms with E-state index in [1.54, 1.807) is 25.4 Å². The third-order valence-corrected chi connectivity index (χ3v) is 5.67. The number of aliphatic hydroxyl groups excluding tert-OH is 1. The van der Waals surface area contributed by atoms with Crippen molar-refractivity contribution in [3.63, 3.8) is 0 Å². The van der Waals surface area contributed by atoms with Gasteiger partial charge < -0.3 is 14.6 Å². The van der Waals surface area contributed by atoms with Crippen LogP contribution in [0.1, 0.15) is 18.4 Å². The SMILES string of the molecule is COc1cncc(CN2C[C@H]3C[C@@H](Oc4ccc(F)cc4)[C@H](O)C[C@H]3C2)c1. The molecule has 0 amide bonds. The number of ether oxygens (including phenoxy) is 2. The van der Waals surface area contributed by atoms with E-state index in [-0.39, 0.29) is 11.9 Å². The van der Waals surface area contributed by atoms with Crippen LogP contribution < -0.4 is 9.47 Å². The molecule has 1 N–H and O–H groups in total. The molecule has 6 heteroatoms. The highest BCUT2D eigenvalue weighted by Crippen LogP contribution is 2.38. The smallest absolute Gasteiger partial charge is 0.137 e. The van der Waals surface area contributed by atoms with Crippen LogP contribution in [0.2, 0.25) is 0 Å². The first kappa shape index (κ1) is 18.2. The Hall–Kier alpha value is -2.18. The standard InChI is InChI=1S/C21H25FN2O3/c1-26-19-6-14(9-23-10-19)11-24-12-15-7-20(25)21(8-16(15)13-24)27-18-4-2-17(22)3-5-18/h2-6,9-10,15-16,20-21,25H,7-8,11-13H2,1H3/t15-,16+,20+,21+/m0/s1. The van der Waals surface area contributed by atoms with Crippen LogP contribution in [0, 0.1) is 17.7 Å². The van der Waals surface area contributed by atoms with Gasteiger partial charge in [-0.25, -0.2) is 4.39 Å². The second-order valence-electron chi connectivity index (χ2n) is 7.60. The van der Waals surface area contributed by atoms with Gasteiger partial charge in [0, 0.05) is 25.8 Å². The summed E-state index contributed by atoms with van der Waals surface area (Å²) in [5, 5.41) is 10.5. The number of fused-ring (bicyclic) bond motifs is 1. The van der Waals surface area contributed by atoms with Crippen molar-refractivity contribution in [2.45, 2.75) is 31.6 Å². The third-order valence-electron chi connectivity index (χ3n) is 5.67. The molecule has 1 aliphatic carbocycles. The molecular formula is C21H25FN2O3. The molecular weight excluding hydrogens is 347 g/mol. The molecule has 0 unspecified atom stereocenters. The van der Waals surface area contributed by atoms with Crippen molar-refractivity contribution in [3.05, 3.63) is 54.1 Å². The molecule has 0 radical (unpaired) electrons. The van der Waals surface area contributed by atoms with Crippen molar-refractivity contribution in [1.29, 1.82) is 0 Å². The zero-order valence-corrected chi connectivity index (χ0v) is 15.4. The fraction of sp³-hybridized carbons (Fsp3) is 0.476. The molecule has 0 bridgehead atoms. The third kappa shape index (κ3) is 4.22. The zero-order valence-electron chi connectivity index (χ0n) is 15.4. The maximum absolute atomic E-state index is 13.1. The number of likely N-dealkylation sites (tertiary alicyclic amines) is 1. The van der Waals surface area contributed by atoms with E-state index in [0.29, 0.717) is 17.6 Å². The Morgan fingerprint density at radius 2 is 1.85 bits per heavy atom. The van der Waals surface area contributed by atoms with Gasteiger partial charge in [-0.3, -0.25) is 9.88 Å². The van der Waals surface area contributed by atoms with Crippen LogP contribution in [0.5, 0.6) is 11.5 Å². The van der Waals surface area contributed by atoms with Crippen molar-refractivity contribution in [2.24, 2.45) is 11.8 Å². The van der Waals surface area contributed by atoms with Gasteiger partial charge >= 0.3 is 0 Å². The number of aromatic nitrogens is 1. The van der Waals surface area contributed by atoms with Gasteiger partial charge in [0.15, 0.2) is 0 Å². The van der Waals surface area contributed by atoms with E-state index in [2.05, 4.69) is 9.88 Å². The number of aliphatic hydroxyl groups is 1. The Morgan fingerprint density at radius 1 is 1.11 bits per heavy atom. The zero-order chi connectivity index (χ0) is 18.8. The maximum atomic E-state index is 13.1. The summed E-state index contributed by atoms with van der Waals surface area (Å²) < 4.78 is 24.3. The molecule has 1 aliphatic heterocycles. The van der Waals surface area contributed by atoms with E-state index in [0.717, 1.165) is 43.8 Å². The van der Waals surface area contributed by atoms with Gasteiger partial charge in [-0.05, 0) is 60.6 Å². The second-order valence-corrected chi connectivity index (χ2v) is 7.60. The summed E-state index contributed by atoms with van der Waals surface area (Å²) in [6, 6.07) is 8.01. The lowest BCUT2D eigenvalue weighted by Crippen LogP contribution is -2.42. The average molecular weight is 372 g/mol. The van der Waals surface area contributed by atoms with Crippen molar-refractivity contribution in [3.8, 4) is 11.5 Å². The Balaban J connectivity index is 1.37. The second kappa shape index (κ2) is 7.82. The minimum Gasteiger partial charge on any atom is -0.495 e. The van der Waals surface area contributed by atoms with Crippen LogP contribution in [-0.4, -0.2) is 47.4 Å². The van der Waals surface area contributed by atoms with E-state index in [1.807, 2.05) is 12.3 Å². The number of benzene rings is 1. The molecule has 2 aromatic rings. The topological polar surface area (TPSA) is 54.8 Å². The molecule has 1 saturated carbocycles. The lowest BCUT2D eigenvalue weighted by Gasteiger charge is -2.35. The summed E-state index contributed by atoms with van der Waals surface area (Å²) in [4.78, 5) is 6.64. The van der Waals surface area contributed by atoms with Crippen LogP contribution in [0.4, 0.5) is 4.39 Å². The van der Waals surface area contributed by atoms with Gasteiger partial charge in [-0.1, -0.05) is 0 Å². The molecule has 5 nitrogen and oxygen atoms in total. The quantitative estimate of drug-likeness (QED) is 0.875. The summed E-state index contributed by atoms with van der Waals surface area (Å²) in [6.07, 6.45) is 4.41. The molecule has 0 spiro atoms. The summed E-state index contributed by atoms with van der Waals surface area (Å²) in [5.41, 5.74) is 1.13. The first-order chi connectivity index (χ1) is 13.1. The Kier molecular flexibility index (Phi) is 5.27. The summed E-state index contributed by atoms with van der Waals surface area (Å²) >= 11 is 0. The number of nitrogens with zero attached hydrogens (tertiary/aromatic N) is 2. The predicted octanol–water partition coefficient (Wildman–Crippen LogP) is 2.88. The maximum Gasteiger partial charge on any atom is 0.137 e. The number of halogens is 1. The molecule has 4 rings (SSSR count). The number of methoxy groups -OCH3 is 1. The molecule has 27 heavy (non-hydrogen) atoms. The summed E-state index contributed by atoms with van der Waals surface area (Å²) in [6.45, 7) is 2.79. The van der Waals surface area contributed by atoms with Crippen LogP contribution in [0.25, 0.3) is 0 Å². The first-order valence-electron chi connectivity index (χ1n) is 9.41. The van der Waals surface area contributed by atoms with Crippen LogP contribution in [0.15, 0.2) is 42.7 Å². The van der Waals surface area contributed by atoms with E-state index < -0.39 is 6.10 Å². The van der Waals surface area contributed by atoms with E-state index >= 15 is 0 Å². The van der Waals surface area contributed by atoms with E-state index in [4.69, 9.17) is 9.47 Å². The first-order valence-corrected chi connectivity index (χ1v) is 9.41. The predicted molar refractivity (Wildman–Crippen MR) is 99.1 cm³/mol. The molecule has 4 atom stereocenters. The van der Waals surface area contributed by atoms with Crippen molar-refractivity contribution in [2.75, 3.05) is 20.2 Å². The number of hydrogen-bond donors (Lipinski definition) is 1. The lowest BCUT2D eigenvalue weighted by molar-refractivity contribution is -0.0231. The fourth-order valence-electron chi connectivity index (χ4n) is 4.35. The molecule has 2 fully saturated rings. The Morgan fingerprint density at radius 3 is 2.59 bits per heavy atom. The molecule has 1 aromatic heterocycles. The van der Waals surface area contributed by atoms with E-state index in [9.17, 15) is 9.50 Å². The molecule has 1 aromatic carbocycles. The summed E-state index contributed by atoms with van der Waals surface area (Å²) in [5.74, 6) is 2.07. The van der Waals surface area contributed by atoms with Gasteiger partial charge in [0.25, 0.3) is 0 Å². The number of rotatable bonds is 5. The lowest BCUT2D eigenvalue weighted by atomic mass is 9.78. The largest absolute Gasteiger partial charge is 0.495 e. The number of pyridine rings is 1. The molecule has 1 saturated heterocycles. The van der Waals surface area contributed by atoms with Crippen molar-refractivity contribution in [1.82, 2.24) is 9.88 Å². The highest BCUT2D eigenvalue weighted by molar-refractivity contribution is 5.24. The average Bonchev–Trinajstić information content (AvgIpc) is 3.05. The summed E-state index contributed by atoms with van der Waals surface area (Å²) in [7, 11) is 1.65. The highest BCUT2D eigenvalue weighted by Gasteiger charge is 2.42. The monoisotopic (exact) mass is 372 g/mol. The van der Waals surface area contributed by atoms with Gasteiger partial charge in [0.2, 0.25) is 0 Å². The molecule has 2 aliphatic rings. The highest BCUT2D eigenvalue weighted by atomic mass is 19.1. The van der Waals surface area contributed by atoms with Crippen molar-refractivity contribution >= 4 is 0 Å². The molecule has 144 valence electrons. The number of hydrogen-bond acceptors (Lipinski definition) is 5. The fourth-order valence-corrected chi connectivity index (χ4v) is 4.35. The van der Waals surface area contributed by atoms with Crippen LogP contribution in [0.3, 0.4) is 0 Å². The Labute approximate surface area is 158 Å². The van der Waals surface area contributed by atoms with Crippen LogP contribution >= 0.6 is 0 Å². The van der Waals surface area contributed by atoms with E-state index in [1.165, 1.54) is 12.1 Å². The van der Waals surface area contributed by atoms with Crippen LogP contribution in [-0.2, 0) is 6.54 Å². The van der Waals surface area contributed by atoms with Crippen molar-refractivity contribution < 1.29 is 19.0 Å². The van der Waals surface area contributed by atoms with Gasteiger partial charge in [-0.15, -0.1) is 0 Å². The minimum atomic E-state index is -0.491. The minimum absolute atomic E-state index is 0.241. The molecule has 2 heterocycles. The van der Waals surface area contributed by atoms with Gasteiger partial charge in [-0.2, -0.15) is 0 Å². The van der Waals surface area contributed by atoms with Gasteiger partial charge in [0.05, 0.1) is 19.4 Å². The van der Waals surface area contributed by atoms with Gasteiger partial charge in [0.1, 0.15) is 23.4 Å². The Bertz CT molecular complexity index is 770. The normalized spacial score (nSPS) is 28.0.